The standard InChI is InChI=1S/C27H19FN2O/c1-16(2)19-12-13-30-24(14-19)22-5-3-4-20-21-10-11-23(28)25(27(21)31-26(20)22)18-8-6-17(15-29)7-9-18/h3-14,16H,1-2H3. The van der Waals surface area contributed by atoms with Crippen LogP contribution in [0.1, 0.15) is 30.9 Å². The molecule has 5 rings (SSSR count). The normalized spacial score (nSPS) is 11.3. The van der Waals surface area contributed by atoms with Crippen LogP contribution in [0.5, 0.6) is 0 Å². The molecule has 0 saturated carbocycles. The molecule has 0 spiro atoms. The average Bonchev–Trinajstić information content (AvgIpc) is 3.18. The van der Waals surface area contributed by atoms with E-state index in [1.165, 1.54) is 11.6 Å². The molecule has 0 aliphatic heterocycles. The molecule has 4 heteroatoms. The second-order valence-electron chi connectivity index (χ2n) is 7.90. The average molecular weight is 406 g/mol. The van der Waals surface area contributed by atoms with Gasteiger partial charge in [-0.1, -0.05) is 38.1 Å². The summed E-state index contributed by atoms with van der Waals surface area (Å²) in [4.78, 5) is 4.56. The van der Waals surface area contributed by atoms with Crippen LogP contribution in [0.2, 0.25) is 0 Å². The Kier molecular flexibility index (Phi) is 4.52. The Morgan fingerprint density at radius 2 is 1.71 bits per heavy atom. The van der Waals surface area contributed by atoms with Crippen LogP contribution in [-0.2, 0) is 0 Å². The zero-order valence-electron chi connectivity index (χ0n) is 17.2. The molecule has 0 fully saturated rings. The Balaban J connectivity index is 1.78. The minimum absolute atomic E-state index is 0.363. The third-order valence-corrected chi connectivity index (χ3v) is 5.65. The van der Waals surface area contributed by atoms with E-state index in [9.17, 15) is 4.39 Å². The molecule has 3 aromatic carbocycles. The van der Waals surface area contributed by atoms with Crippen molar-refractivity contribution in [3.05, 3.63) is 89.9 Å². The lowest BCUT2D eigenvalue weighted by molar-refractivity contribution is 0.622. The Morgan fingerprint density at radius 3 is 2.45 bits per heavy atom. The summed E-state index contributed by atoms with van der Waals surface area (Å²) in [5, 5.41) is 10.8. The fourth-order valence-corrected chi connectivity index (χ4v) is 3.97. The molecule has 0 bridgehead atoms. The monoisotopic (exact) mass is 406 g/mol. The van der Waals surface area contributed by atoms with Gasteiger partial charge in [0.1, 0.15) is 17.0 Å². The number of nitriles is 1. The molecule has 3 nitrogen and oxygen atoms in total. The van der Waals surface area contributed by atoms with E-state index in [-0.39, 0.29) is 5.82 Å². The van der Waals surface area contributed by atoms with E-state index in [0.717, 1.165) is 22.0 Å². The van der Waals surface area contributed by atoms with Crippen molar-refractivity contribution >= 4 is 21.9 Å². The highest BCUT2D eigenvalue weighted by Gasteiger charge is 2.19. The zero-order chi connectivity index (χ0) is 21.5. The number of furan rings is 1. The van der Waals surface area contributed by atoms with Crippen molar-refractivity contribution in [1.29, 1.82) is 5.26 Å². The molecular formula is C27H19FN2O. The van der Waals surface area contributed by atoms with E-state index >= 15 is 0 Å². The summed E-state index contributed by atoms with van der Waals surface area (Å²) in [5.74, 6) is 0.0199. The van der Waals surface area contributed by atoms with Crippen LogP contribution in [0, 0.1) is 17.1 Å². The van der Waals surface area contributed by atoms with Gasteiger partial charge in [-0.2, -0.15) is 5.26 Å². The molecule has 31 heavy (non-hydrogen) atoms. The number of hydrogen-bond donors (Lipinski definition) is 0. The SMILES string of the molecule is CC(C)c1ccnc(-c2cccc3c2oc2c(-c4ccc(C#N)cc4)c(F)ccc23)c1. The summed E-state index contributed by atoms with van der Waals surface area (Å²) in [6, 6.07) is 22.2. The summed E-state index contributed by atoms with van der Waals surface area (Å²) in [6.45, 7) is 4.29. The first-order valence-electron chi connectivity index (χ1n) is 10.2. The van der Waals surface area contributed by atoms with Crippen molar-refractivity contribution in [2.24, 2.45) is 0 Å². The Bertz CT molecular complexity index is 1470. The van der Waals surface area contributed by atoms with Crippen molar-refractivity contribution in [2.45, 2.75) is 19.8 Å². The van der Waals surface area contributed by atoms with Gasteiger partial charge in [-0.15, -0.1) is 0 Å². The number of nitrogens with zero attached hydrogens (tertiary/aromatic N) is 2. The quantitative estimate of drug-likeness (QED) is 0.313. The number of benzene rings is 3. The summed E-state index contributed by atoms with van der Waals surface area (Å²) in [5.41, 5.74) is 5.68. The number of pyridine rings is 1. The van der Waals surface area contributed by atoms with Crippen molar-refractivity contribution in [1.82, 2.24) is 4.98 Å². The molecule has 0 saturated heterocycles. The molecule has 5 aromatic rings. The minimum Gasteiger partial charge on any atom is -0.455 e. The smallest absolute Gasteiger partial charge is 0.146 e. The number of halogens is 1. The topological polar surface area (TPSA) is 49.8 Å². The second kappa shape index (κ2) is 7.37. The van der Waals surface area contributed by atoms with Crippen LogP contribution >= 0.6 is 0 Å². The third kappa shape index (κ3) is 3.15. The molecule has 0 atom stereocenters. The van der Waals surface area contributed by atoms with E-state index < -0.39 is 0 Å². The fourth-order valence-electron chi connectivity index (χ4n) is 3.97. The maximum absolute atomic E-state index is 14.9. The van der Waals surface area contributed by atoms with E-state index in [1.807, 2.05) is 30.5 Å². The van der Waals surface area contributed by atoms with Gasteiger partial charge >= 0.3 is 0 Å². The maximum Gasteiger partial charge on any atom is 0.146 e. The Hall–Kier alpha value is -3.97. The first kappa shape index (κ1) is 19.0. The second-order valence-corrected chi connectivity index (χ2v) is 7.90. The van der Waals surface area contributed by atoms with E-state index in [4.69, 9.17) is 9.68 Å². The van der Waals surface area contributed by atoms with Crippen LogP contribution in [0.15, 0.2) is 77.3 Å². The Labute approximate surface area is 179 Å². The van der Waals surface area contributed by atoms with Gasteiger partial charge in [0.2, 0.25) is 0 Å². The van der Waals surface area contributed by atoms with Gasteiger partial charge < -0.3 is 4.42 Å². The minimum atomic E-state index is -0.363. The number of fused-ring (bicyclic) bond motifs is 3. The number of aromatic nitrogens is 1. The van der Waals surface area contributed by atoms with Crippen LogP contribution < -0.4 is 0 Å². The van der Waals surface area contributed by atoms with Gasteiger partial charge in [-0.25, -0.2) is 4.39 Å². The van der Waals surface area contributed by atoms with Gasteiger partial charge in [0, 0.05) is 22.5 Å². The van der Waals surface area contributed by atoms with Crippen LogP contribution in [-0.4, -0.2) is 4.98 Å². The first-order valence-corrected chi connectivity index (χ1v) is 10.2. The number of para-hydroxylation sites is 1. The molecule has 0 aliphatic carbocycles. The lowest BCUT2D eigenvalue weighted by Gasteiger charge is -2.07. The zero-order valence-corrected chi connectivity index (χ0v) is 17.2. The molecule has 0 unspecified atom stereocenters. The molecule has 0 radical (unpaired) electrons. The van der Waals surface area contributed by atoms with Crippen LogP contribution in [0.4, 0.5) is 4.39 Å². The largest absolute Gasteiger partial charge is 0.455 e. The van der Waals surface area contributed by atoms with Crippen LogP contribution in [0.25, 0.3) is 44.3 Å². The van der Waals surface area contributed by atoms with E-state index in [0.29, 0.717) is 33.8 Å². The predicted octanol–water partition coefficient (Wildman–Crippen LogP) is 7.45. The lowest BCUT2D eigenvalue weighted by Crippen LogP contribution is -1.90. The summed E-state index contributed by atoms with van der Waals surface area (Å²) in [7, 11) is 0. The predicted molar refractivity (Wildman–Crippen MR) is 121 cm³/mol. The molecule has 2 aromatic heterocycles. The molecule has 0 aliphatic rings. The highest BCUT2D eigenvalue weighted by Crippen LogP contribution is 2.40. The Morgan fingerprint density at radius 1 is 0.935 bits per heavy atom. The molecule has 150 valence electrons. The molecule has 0 N–H and O–H groups in total. The van der Waals surface area contributed by atoms with Crippen molar-refractivity contribution in [2.75, 3.05) is 0 Å². The molecule has 0 amide bonds. The number of rotatable bonds is 3. The molecule has 2 heterocycles. The van der Waals surface area contributed by atoms with E-state index in [2.05, 4.69) is 31.0 Å². The van der Waals surface area contributed by atoms with Crippen molar-refractivity contribution < 1.29 is 8.81 Å². The van der Waals surface area contributed by atoms with Gasteiger partial charge in [0.05, 0.1) is 22.9 Å². The highest BCUT2D eigenvalue weighted by molar-refractivity contribution is 6.12. The summed E-state index contributed by atoms with van der Waals surface area (Å²) in [6.07, 6.45) is 1.81. The highest BCUT2D eigenvalue weighted by atomic mass is 19.1. The molecular weight excluding hydrogens is 387 g/mol. The third-order valence-electron chi connectivity index (χ3n) is 5.65. The number of hydrogen-bond acceptors (Lipinski definition) is 3. The van der Waals surface area contributed by atoms with Crippen molar-refractivity contribution in [3.8, 4) is 28.5 Å². The summed E-state index contributed by atoms with van der Waals surface area (Å²) < 4.78 is 21.3. The fraction of sp³-hybridized carbons (Fsp3) is 0.111. The lowest BCUT2D eigenvalue weighted by atomic mass is 9.99. The van der Waals surface area contributed by atoms with Gasteiger partial charge in [-0.05, 0) is 59.5 Å². The first-order chi connectivity index (χ1) is 15.1. The van der Waals surface area contributed by atoms with Gasteiger partial charge in [0.25, 0.3) is 0 Å². The van der Waals surface area contributed by atoms with Crippen molar-refractivity contribution in [3.63, 3.8) is 0 Å². The maximum atomic E-state index is 14.9. The summed E-state index contributed by atoms with van der Waals surface area (Å²) >= 11 is 0. The van der Waals surface area contributed by atoms with Gasteiger partial charge in [-0.3, -0.25) is 4.98 Å². The van der Waals surface area contributed by atoms with Gasteiger partial charge in [0.15, 0.2) is 0 Å². The van der Waals surface area contributed by atoms with Crippen LogP contribution in [0.3, 0.4) is 0 Å². The van der Waals surface area contributed by atoms with E-state index in [1.54, 1.807) is 30.3 Å².